The van der Waals surface area contributed by atoms with E-state index in [4.69, 9.17) is 18.0 Å². The molecule has 1 aromatic carbocycles. The van der Waals surface area contributed by atoms with Crippen LogP contribution in [0.1, 0.15) is 5.56 Å². The van der Waals surface area contributed by atoms with Crippen LogP contribution in [0.25, 0.3) is 0 Å². The van der Waals surface area contributed by atoms with Gasteiger partial charge in [0.05, 0.1) is 9.46 Å². The quantitative estimate of drug-likeness (QED) is 0.813. The Hall–Kier alpha value is -0.480. The van der Waals surface area contributed by atoms with Gasteiger partial charge in [-0.05, 0) is 27.6 Å². The maximum Gasteiger partial charge on any atom is 0.137 e. The van der Waals surface area contributed by atoms with Crippen LogP contribution in [-0.4, -0.2) is 4.99 Å². The summed E-state index contributed by atoms with van der Waals surface area (Å²) in [4.78, 5) is 0.362. The molecule has 0 unspecified atom stereocenters. The molecule has 1 rings (SSSR count). The zero-order valence-corrected chi connectivity index (χ0v) is 8.58. The number of thiocarbonyl (C=S) groups is 1. The molecule has 0 amide bonds. The van der Waals surface area contributed by atoms with Gasteiger partial charge < -0.3 is 5.73 Å². The molecule has 0 atom stereocenters. The lowest BCUT2D eigenvalue weighted by atomic mass is 10.1. The van der Waals surface area contributed by atoms with Crippen LogP contribution in [0.4, 0.5) is 4.39 Å². The van der Waals surface area contributed by atoms with Crippen LogP contribution in [0.5, 0.6) is 0 Å². The molecule has 0 aromatic heterocycles. The van der Waals surface area contributed by atoms with E-state index in [0.29, 0.717) is 15.9 Å². The van der Waals surface area contributed by atoms with Gasteiger partial charge in [-0.3, -0.25) is 0 Å². The Labute approximate surface area is 83.9 Å². The Balaban J connectivity index is 3.00. The zero-order chi connectivity index (χ0) is 9.14. The van der Waals surface area contributed by atoms with Gasteiger partial charge in [-0.15, -0.1) is 0 Å². The van der Waals surface area contributed by atoms with Crippen molar-refractivity contribution in [3.63, 3.8) is 0 Å². The highest BCUT2D eigenvalue weighted by molar-refractivity contribution is 9.10. The van der Waals surface area contributed by atoms with Crippen LogP contribution in [0.2, 0.25) is 0 Å². The summed E-state index contributed by atoms with van der Waals surface area (Å²) in [5.74, 6) is -0.288. The van der Waals surface area contributed by atoms with Crippen LogP contribution < -0.4 is 5.73 Å². The molecule has 2 N–H and O–H groups in total. The predicted molar refractivity (Wildman–Crippen MR) is 54.6 cm³/mol. The van der Waals surface area contributed by atoms with Crippen molar-refractivity contribution in [1.82, 2.24) is 0 Å². The molecule has 0 saturated heterocycles. The van der Waals surface area contributed by atoms with E-state index >= 15 is 0 Å². The fourth-order valence-electron chi connectivity index (χ4n) is 0.873. The second kappa shape index (κ2) is 3.96. The molecule has 12 heavy (non-hydrogen) atoms. The third kappa shape index (κ3) is 2.25. The van der Waals surface area contributed by atoms with Crippen molar-refractivity contribution >= 4 is 33.1 Å². The number of halogens is 2. The van der Waals surface area contributed by atoms with Crippen molar-refractivity contribution in [1.29, 1.82) is 0 Å². The highest BCUT2D eigenvalue weighted by atomic mass is 79.9. The average molecular weight is 248 g/mol. The molecule has 0 spiro atoms. The van der Waals surface area contributed by atoms with E-state index in [9.17, 15) is 4.39 Å². The van der Waals surface area contributed by atoms with Crippen molar-refractivity contribution in [3.8, 4) is 0 Å². The SMILES string of the molecule is NC(=S)Cc1cccc(F)c1Br. The van der Waals surface area contributed by atoms with Gasteiger partial charge in [-0.1, -0.05) is 24.4 Å². The summed E-state index contributed by atoms with van der Waals surface area (Å²) in [7, 11) is 0. The first kappa shape index (κ1) is 9.61. The van der Waals surface area contributed by atoms with Crippen molar-refractivity contribution in [2.75, 3.05) is 0 Å². The summed E-state index contributed by atoms with van der Waals surface area (Å²) in [6.45, 7) is 0. The molecule has 0 heterocycles. The lowest BCUT2D eigenvalue weighted by Crippen LogP contribution is -2.11. The zero-order valence-electron chi connectivity index (χ0n) is 6.18. The molecule has 0 aliphatic carbocycles. The van der Waals surface area contributed by atoms with Gasteiger partial charge in [0.15, 0.2) is 0 Å². The van der Waals surface area contributed by atoms with Crippen LogP contribution in [-0.2, 0) is 6.42 Å². The monoisotopic (exact) mass is 247 g/mol. The highest BCUT2D eigenvalue weighted by Gasteiger charge is 2.04. The van der Waals surface area contributed by atoms with E-state index in [1.807, 2.05) is 0 Å². The summed E-state index contributed by atoms with van der Waals surface area (Å²) >= 11 is 7.83. The van der Waals surface area contributed by atoms with Gasteiger partial charge in [0, 0.05) is 6.42 Å². The lowest BCUT2D eigenvalue weighted by Gasteiger charge is -2.02. The van der Waals surface area contributed by atoms with Crippen molar-refractivity contribution in [2.45, 2.75) is 6.42 Å². The van der Waals surface area contributed by atoms with Crippen LogP contribution in [0.3, 0.4) is 0 Å². The topological polar surface area (TPSA) is 26.0 Å². The van der Waals surface area contributed by atoms with Crippen LogP contribution in [0.15, 0.2) is 22.7 Å². The maximum absolute atomic E-state index is 12.9. The number of hydrogen-bond donors (Lipinski definition) is 1. The number of nitrogens with two attached hydrogens (primary N) is 1. The lowest BCUT2D eigenvalue weighted by molar-refractivity contribution is 0.619. The van der Waals surface area contributed by atoms with Crippen molar-refractivity contribution in [3.05, 3.63) is 34.1 Å². The Kier molecular flexibility index (Phi) is 3.17. The number of rotatable bonds is 2. The molecule has 0 saturated carbocycles. The third-order valence-corrected chi connectivity index (χ3v) is 2.43. The highest BCUT2D eigenvalue weighted by Crippen LogP contribution is 2.20. The molecular formula is C8H7BrFNS. The summed E-state index contributed by atoms with van der Waals surface area (Å²) < 4.78 is 13.3. The Bertz CT molecular complexity index is 314. The second-order valence-corrected chi connectivity index (χ2v) is 3.67. The number of benzene rings is 1. The molecular weight excluding hydrogens is 241 g/mol. The predicted octanol–water partition coefficient (Wildman–Crippen LogP) is 2.42. The first-order valence-electron chi connectivity index (χ1n) is 3.32. The molecule has 0 radical (unpaired) electrons. The van der Waals surface area contributed by atoms with E-state index in [1.165, 1.54) is 6.07 Å². The minimum absolute atomic E-state index is 0.288. The van der Waals surface area contributed by atoms with E-state index in [-0.39, 0.29) is 5.82 Å². The third-order valence-electron chi connectivity index (χ3n) is 1.40. The fourth-order valence-corrected chi connectivity index (χ4v) is 1.43. The molecule has 1 nitrogen and oxygen atoms in total. The maximum atomic E-state index is 12.9. The van der Waals surface area contributed by atoms with Gasteiger partial charge in [0.25, 0.3) is 0 Å². The van der Waals surface area contributed by atoms with Crippen molar-refractivity contribution in [2.24, 2.45) is 5.73 Å². The van der Waals surface area contributed by atoms with E-state index in [1.54, 1.807) is 12.1 Å². The van der Waals surface area contributed by atoms with Crippen LogP contribution in [0, 0.1) is 5.82 Å². The first-order valence-corrected chi connectivity index (χ1v) is 4.52. The normalized spacial score (nSPS) is 9.83. The summed E-state index contributed by atoms with van der Waals surface area (Å²) in [6, 6.07) is 4.80. The minimum Gasteiger partial charge on any atom is -0.393 e. The molecule has 0 fully saturated rings. The van der Waals surface area contributed by atoms with Gasteiger partial charge in [-0.2, -0.15) is 0 Å². The summed E-state index contributed by atoms with van der Waals surface area (Å²) in [5, 5.41) is 0. The fraction of sp³-hybridized carbons (Fsp3) is 0.125. The molecule has 0 aliphatic heterocycles. The molecule has 0 bridgehead atoms. The summed E-state index contributed by atoms with van der Waals surface area (Å²) in [5.41, 5.74) is 6.11. The van der Waals surface area contributed by atoms with Crippen LogP contribution >= 0.6 is 28.1 Å². The molecule has 64 valence electrons. The van der Waals surface area contributed by atoms with Crippen molar-refractivity contribution < 1.29 is 4.39 Å². The first-order chi connectivity index (χ1) is 5.61. The smallest absolute Gasteiger partial charge is 0.137 e. The summed E-state index contributed by atoms with van der Waals surface area (Å²) in [6.07, 6.45) is 0.424. The Morgan fingerprint density at radius 1 is 1.58 bits per heavy atom. The van der Waals surface area contributed by atoms with Gasteiger partial charge in [0.1, 0.15) is 5.82 Å². The standard InChI is InChI=1S/C8H7BrFNS/c9-8-5(4-7(11)12)2-1-3-6(8)10/h1-3H,4H2,(H2,11,12). The van der Waals surface area contributed by atoms with E-state index < -0.39 is 0 Å². The van der Waals surface area contributed by atoms with E-state index in [2.05, 4.69) is 15.9 Å². The largest absolute Gasteiger partial charge is 0.393 e. The molecule has 0 aliphatic rings. The molecule has 1 aromatic rings. The minimum atomic E-state index is -0.288. The number of hydrogen-bond acceptors (Lipinski definition) is 1. The Morgan fingerprint density at radius 3 is 2.83 bits per heavy atom. The van der Waals surface area contributed by atoms with Gasteiger partial charge in [-0.25, -0.2) is 4.39 Å². The Morgan fingerprint density at radius 2 is 2.25 bits per heavy atom. The van der Waals surface area contributed by atoms with Gasteiger partial charge in [0.2, 0.25) is 0 Å². The molecule has 4 heteroatoms. The average Bonchev–Trinajstić information content (AvgIpc) is 1.98. The van der Waals surface area contributed by atoms with E-state index in [0.717, 1.165) is 5.56 Å². The second-order valence-electron chi connectivity index (χ2n) is 2.36. The van der Waals surface area contributed by atoms with Gasteiger partial charge >= 0.3 is 0 Å².